The van der Waals surface area contributed by atoms with E-state index in [0.717, 1.165) is 30.0 Å². The van der Waals surface area contributed by atoms with Gasteiger partial charge in [0, 0.05) is 29.8 Å². The third-order valence-electron chi connectivity index (χ3n) is 7.76. The van der Waals surface area contributed by atoms with Crippen molar-refractivity contribution in [1.82, 2.24) is 19.5 Å². The van der Waals surface area contributed by atoms with E-state index in [1.165, 1.54) is 36.4 Å². The van der Waals surface area contributed by atoms with Gasteiger partial charge in [-0.2, -0.15) is 23.5 Å². The lowest BCUT2D eigenvalue weighted by Gasteiger charge is -2.38. The molecule has 1 saturated carbocycles. The number of hydrogen-bond acceptors (Lipinski definition) is 6. The van der Waals surface area contributed by atoms with Gasteiger partial charge in [-0.15, -0.1) is 4.72 Å². The molecule has 0 spiro atoms. The Hall–Kier alpha value is -4.25. The lowest BCUT2D eigenvalue weighted by Crippen LogP contribution is -2.52. The normalized spacial score (nSPS) is 15.5. The van der Waals surface area contributed by atoms with Gasteiger partial charge in [-0.05, 0) is 87.1 Å². The summed E-state index contributed by atoms with van der Waals surface area (Å²) in [7, 11) is 0. The summed E-state index contributed by atoms with van der Waals surface area (Å²) in [5.41, 5.74) is -1.90. The number of pyridine rings is 1. The maximum absolute atomic E-state index is 15.4. The Morgan fingerprint density at radius 2 is 1.85 bits per heavy atom. The highest BCUT2D eigenvalue weighted by Crippen LogP contribution is 2.43. The van der Waals surface area contributed by atoms with E-state index in [1.807, 2.05) is 32.9 Å². The molecule has 0 bridgehead atoms. The molecule has 46 heavy (non-hydrogen) atoms. The molecule has 8 nitrogen and oxygen atoms in total. The number of hydrogen-bond donors (Lipinski definition) is 2. The fourth-order valence-corrected chi connectivity index (χ4v) is 6.00. The summed E-state index contributed by atoms with van der Waals surface area (Å²) in [5.74, 6) is -1.40. The molecular formula is C33H32F4N6O2S. The van der Waals surface area contributed by atoms with Crippen LogP contribution in [-0.2, 0) is 23.1 Å². The first-order valence-electron chi connectivity index (χ1n) is 14.6. The number of nitriles is 1. The second kappa shape index (κ2) is 12.9. The molecule has 0 radical (unpaired) electrons. The number of aromatic nitrogens is 3. The minimum Gasteiger partial charge on any atom is -0.598 e. The van der Waals surface area contributed by atoms with Crippen molar-refractivity contribution >= 4 is 23.0 Å². The van der Waals surface area contributed by atoms with Crippen LogP contribution in [0.25, 0.3) is 5.69 Å². The van der Waals surface area contributed by atoms with E-state index >= 15 is 4.39 Å². The van der Waals surface area contributed by atoms with Crippen LogP contribution >= 0.6 is 0 Å². The fraction of sp³-hybridized carbons (Fsp3) is 0.333. The van der Waals surface area contributed by atoms with Crippen LogP contribution < -0.4 is 10.0 Å². The van der Waals surface area contributed by atoms with Crippen molar-refractivity contribution < 1.29 is 26.9 Å². The molecule has 2 N–H and O–H groups in total. The number of amides is 1. The van der Waals surface area contributed by atoms with Gasteiger partial charge in [-0.1, -0.05) is 31.0 Å². The van der Waals surface area contributed by atoms with E-state index < -0.39 is 50.9 Å². The number of carbonyl (C=O) groups excluding carboxylic acids is 1. The third-order valence-corrected chi connectivity index (χ3v) is 9.41. The maximum Gasteiger partial charge on any atom is 0.435 e. The second-order valence-corrected chi connectivity index (χ2v) is 14.2. The Labute approximate surface area is 267 Å². The van der Waals surface area contributed by atoms with Crippen molar-refractivity contribution in [2.24, 2.45) is 5.92 Å². The van der Waals surface area contributed by atoms with Crippen LogP contribution in [0.5, 0.6) is 0 Å². The fourth-order valence-electron chi connectivity index (χ4n) is 5.04. The lowest BCUT2D eigenvalue weighted by atomic mass is 9.80. The molecule has 1 unspecified atom stereocenters. The topological polar surface area (TPSA) is 119 Å². The molecule has 1 fully saturated rings. The molecule has 1 aliphatic rings. The highest BCUT2D eigenvalue weighted by Gasteiger charge is 2.44. The number of alkyl halides is 3. The Morgan fingerprint density at radius 1 is 1.09 bits per heavy atom. The van der Waals surface area contributed by atoms with Gasteiger partial charge < -0.3 is 9.87 Å². The summed E-state index contributed by atoms with van der Waals surface area (Å²) < 4.78 is 73.5. The highest BCUT2D eigenvalue weighted by atomic mass is 32.2. The molecule has 2 aromatic heterocycles. The van der Waals surface area contributed by atoms with Crippen molar-refractivity contribution in [2.45, 2.75) is 62.9 Å². The molecule has 5 rings (SSSR count). The average molecular weight is 653 g/mol. The Kier molecular flexibility index (Phi) is 9.26. The summed E-state index contributed by atoms with van der Waals surface area (Å²) in [5, 5.41) is 15.3. The largest absolute Gasteiger partial charge is 0.598 e. The van der Waals surface area contributed by atoms with Gasteiger partial charge in [-0.3, -0.25) is 9.78 Å². The van der Waals surface area contributed by atoms with Crippen LogP contribution in [0.2, 0.25) is 0 Å². The number of halogens is 4. The zero-order valence-corrected chi connectivity index (χ0v) is 26.2. The van der Waals surface area contributed by atoms with Crippen LogP contribution in [-0.4, -0.2) is 30.0 Å². The number of benzene rings is 2. The number of nitrogens with zero attached hydrogens (tertiary/aromatic N) is 4. The molecule has 2 aromatic carbocycles. The van der Waals surface area contributed by atoms with Gasteiger partial charge in [0.1, 0.15) is 21.8 Å². The average Bonchev–Trinajstić information content (AvgIpc) is 3.73. The number of carbonyl (C=O) groups is 1. The quantitative estimate of drug-likeness (QED) is 0.140. The smallest absolute Gasteiger partial charge is 0.435 e. The molecule has 0 saturated heterocycles. The van der Waals surface area contributed by atoms with E-state index in [9.17, 15) is 27.8 Å². The van der Waals surface area contributed by atoms with Gasteiger partial charge >= 0.3 is 6.18 Å². The number of nitrogens with one attached hydrogen (secondary N) is 2. The summed E-state index contributed by atoms with van der Waals surface area (Å²) >= 11 is -1.59. The van der Waals surface area contributed by atoms with Crippen LogP contribution in [0.4, 0.5) is 23.2 Å². The molecule has 0 aliphatic heterocycles. The summed E-state index contributed by atoms with van der Waals surface area (Å²) in [6, 6.07) is 15.7. The Balaban J connectivity index is 1.59. The molecule has 4 aromatic rings. The van der Waals surface area contributed by atoms with Crippen molar-refractivity contribution in [1.29, 1.82) is 5.26 Å². The molecule has 1 aliphatic carbocycles. The predicted molar refractivity (Wildman–Crippen MR) is 166 cm³/mol. The Bertz CT molecular complexity index is 1760. The third kappa shape index (κ3) is 7.25. The van der Waals surface area contributed by atoms with E-state index in [1.54, 1.807) is 18.5 Å². The summed E-state index contributed by atoms with van der Waals surface area (Å²) in [4.78, 5) is 17.9. The molecule has 2 atom stereocenters. The minimum atomic E-state index is -4.88. The van der Waals surface area contributed by atoms with Crippen molar-refractivity contribution in [3.63, 3.8) is 0 Å². The summed E-state index contributed by atoms with van der Waals surface area (Å²) in [6.45, 7) is 5.48. The van der Waals surface area contributed by atoms with E-state index in [4.69, 9.17) is 0 Å². The maximum atomic E-state index is 15.4. The van der Waals surface area contributed by atoms with E-state index in [0.29, 0.717) is 29.5 Å². The van der Waals surface area contributed by atoms with Crippen molar-refractivity contribution in [2.75, 3.05) is 5.32 Å². The predicted octanol–water partition coefficient (Wildman–Crippen LogP) is 7.03. The van der Waals surface area contributed by atoms with E-state index in [-0.39, 0.29) is 16.9 Å². The second-order valence-electron chi connectivity index (χ2n) is 12.2. The first-order chi connectivity index (χ1) is 21.7. The van der Waals surface area contributed by atoms with Gasteiger partial charge in [0.05, 0.1) is 23.0 Å². The van der Waals surface area contributed by atoms with Crippen molar-refractivity contribution in [3.8, 4) is 11.8 Å². The zero-order chi connectivity index (χ0) is 33.3. The molecular weight excluding hydrogens is 620 g/mol. The number of rotatable bonds is 10. The van der Waals surface area contributed by atoms with Gasteiger partial charge in [0.15, 0.2) is 5.69 Å². The molecule has 2 heterocycles. The van der Waals surface area contributed by atoms with Gasteiger partial charge in [0.25, 0.3) is 5.91 Å². The van der Waals surface area contributed by atoms with Gasteiger partial charge in [0.2, 0.25) is 0 Å². The molecule has 240 valence electrons. The van der Waals surface area contributed by atoms with Crippen LogP contribution in [0, 0.1) is 23.1 Å². The number of anilines is 1. The lowest BCUT2D eigenvalue weighted by molar-refractivity contribution is -0.141. The van der Waals surface area contributed by atoms with Crippen LogP contribution in [0.3, 0.4) is 0 Å². The first-order valence-corrected chi connectivity index (χ1v) is 15.8. The monoisotopic (exact) mass is 652 g/mol. The van der Waals surface area contributed by atoms with Crippen LogP contribution in [0.15, 0.2) is 73.1 Å². The minimum absolute atomic E-state index is 0.0402. The first kappa shape index (κ1) is 33.1. The standard InChI is InChI=1S/C33H32F4N6O2S/c1-31(2,3)46(45)42-32(14-13-21-9-10-21,24-7-5-15-39-20-24)23-11-12-26(34)27(17-23)40-30(44)28-18-29(33(35,36)37)41-43(28)25-8-4-6-22(16-25)19-38/h4-8,11-12,15-18,20-21,42H,9-10,13-14H2,1-3H3,(H,40,44)/t32-,46?/m1/s1. The van der Waals surface area contributed by atoms with Crippen molar-refractivity contribution in [3.05, 3.63) is 107 Å². The summed E-state index contributed by atoms with van der Waals surface area (Å²) in [6.07, 6.45) is 1.79. The highest BCUT2D eigenvalue weighted by molar-refractivity contribution is 7.90. The Morgan fingerprint density at radius 3 is 2.48 bits per heavy atom. The molecule has 1 amide bonds. The SMILES string of the molecule is CC(C)(C)[S+]([O-])N[C@@](CCC1CC1)(c1cccnc1)c1ccc(F)c(NC(=O)c2cc(C(F)(F)F)nn2-c2cccc(C#N)c2)c1. The van der Waals surface area contributed by atoms with Crippen LogP contribution in [0.1, 0.15) is 79.3 Å². The molecule has 13 heteroatoms. The van der Waals surface area contributed by atoms with E-state index in [2.05, 4.69) is 20.1 Å². The van der Waals surface area contributed by atoms with Gasteiger partial charge in [-0.25, -0.2) is 9.07 Å². The zero-order valence-electron chi connectivity index (χ0n) is 25.4.